The molecule has 116 valence electrons. The fourth-order valence-electron chi connectivity index (χ4n) is 1.72. The molecule has 1 atom stereocenters. The molecule has 7 heteroatoms. The lowest BCUT2D eigenvalue weighted by atomic mass is 10.2. The predicted octanol–water partition coefficient (Wildman–Crippen LogP) is 3.93. The maximum Gasteiger partial charge on any atom is 0.271 e. The molecule has 22 heavy (non-hydrogen) atoms. The van der Waals surface area contributed by atoms with Gasteiger partial charge in [-0.3, -0.25) is 9.78 Å². The summed E-state index contributed by atoms with van der Waals surface area (Å²) >= 11 is 17.8. The molecule has 1 aromatic heterocycles. The third kappa shape index (κ3) is 4.77. The number of aromatic nitrogens is 1. The van der Waals surface area contributed by atoms with Crippen molar-refractivity contribution in [2.24, 2.45) is 0 Å². The molecule has 2 rings (SSSR count). The first-order valence-corrected chi connectivity index (χ1v) is 7.61. The van der Waals surface area contributed by atoms with Crippen molar-refractivity contribution in [1.82, 2.24) is 10.3 Å². The van der Waals surface area contributed by atoms with E-state index in [4.69, 9.17) is 34.8 Å². The Labute approximate surface area is 143 Å². The number of carbonyl (C=O) groups is 1. The maximum absolute atomic E-state index is 12.2. The van der Waals surface area contributed by atoms with Crippen molar-refractivity contribution in [2.45, 2.75) is 16.9 Å². The van der Waals surface area contributed by atoms with Gasteiger partial charge in [0.1, 0.15) is 11.9 Å². The summed E-state index contributed by atoms with van der Waals surface area (Å²) in [5.74, 6) is -0.434. The van der Waals surface area contributed by atoms with Crippen LogP contribution in [0.3, 0.4) is 0 Å². The number of pyridine rings is 1. The normalized spacial score (nSPS) is 12.5. The molecule has 0 spiro atoms. The van der Waals surface area contributed by atoms with E-state index < -0.39 is 15.9 Å². The number of hydrogen-bond acceptors (Lipinski definition) is 3. The summed E-state index contributed by atoms with van der Waals surface area (Å²) in [4.78, 5) is 16.1. The number of aryl methyl sites for hydroxylation is 1. The molecular formula is C15H14Cl3N3O. The van der Waals surface area contributed by atoms with Gasteiger partial charge in [0.15, 0.2) is 0 Å². The summed E-state index contributed by atoms with van der Waals surface area (Å²) < 4.78 is -1.73. The van der Waals surface area contributed by atoms with Crippen molar-refractivity contribution in [3.05, 3.63) is 59.9 Å². The van der Waals surface area contributed by atoms with Gasteiger partial charge >= 0.3 is 0 Å². The van der Waals surface area contributed by atoms with E-state index in [1.807, 2.05) is 31.2 Å². The summed E-state index contributed by atoms with van der Waals surface area (Å²) in [7, 11) is 0. The Hall–Kier alpha value is -1.49. The Balaban J connectivity index is 2.13. The Bertz CT molecular complexity index is 627. The molecule has 0 aliphatic heterocycles. The number of nitrogens with zero attached hydrogens (tertiary/aromatic N) is 1. The van der Waals surface area contributed by atoms with Crippen molar-refractivity contribution >= 4 is 46.4 Å². The first-order chi connectivity index (χ1) is 10.4. The van der Waals surface area contributed by atoms with Crippen LogP contribution in [0.25, 0.3) is 0 Å². The van der Waals surface area contributed by atoms with Crippen molar-refractivity contribution in [3.8, 4) is 0 Å². The van der Waals surface area contributed by atoms with Gasteiger partial charge in [-0.15, -0.1) is 0 Å². The average molecular weight is 359 g/mol. The molecule has 0 bridgehead atoms. The number of amides is 1. The summed E-state index contributed by atoms with van der Waals surface area (Å²) in [5, 5.41) is 5.62. The summed E-state index contributed by atoms with van der Waals surface area (Å²) in [6.45, 7) is 1.97. The Morgan fingerprint density at radius 1 is 1.14 bits per heavy atom. The van der Waals surface area contributed by atoms with E-state index in [0.29, 0.717) is 0 Å². The van der Waals surface area contributed by atoms with E-state index in [0.717, 1.165) is 11.3 Å². The standard InChI is InChI=1S/C15H14Cl3N3O/c1-10-5-7-11(8-6-10)20-14(15(16,17)18)21-13(22)12-4-2-3-9-19-12/h2-9,14,20H,1H3,(H,21,22)/t14-/m0/s1. The quantitative estimate of drug-likeness (QED) is 0.643. The smallest absolute Gasteiger partial charge is 0.271 e. The molecule has 4 nitrogen and oxygen atoms in total. The zero-order valence-corrected chi connectivity index (χ0v) is 14.0. The minimum absolute atomic E-state index is 0.243. The van der Waals surface area contributed by atoms with Crippen LogP contribution < -0.4 is 10.6 Å². The number of anilines is 1. The van der Waals surface area contributed by atoms with Crippen LogP contribution in [0.4, 0.5) is 5.69 Å². The Kier molecular flexibility index (Phi) is 5.51. The maximum atomic E-state index is 12.2. The highest BCUT2D eigenvalue weighted by Crippen LogP contribution is 2.31. The van der Waals surface area contributed by atoms with E-state index >= 15 is 0 Å². The van der Waals surface area contributed by atoms with Crippen LogP contribution in [-0.4, -0.2) is 20.8 Å². The van der Waals surface area contributed by atoms with Crippen LogP contribution in [0.5, 0.6) is 0 Å². The number of nitrogens with one attached hydrogen (secondary N) is 2. The summed E-state index contributed by atoms with van der Waals surface area (Å²) in [6, 6.07) is 12.5. The van der Waals surface area contributed by atoms with E-state index in [1.54, 1.807) is 18.2 Å². The van der Waals surface area contributed by atoms with Gasteiger partial charge in [0.25, 0.3) is 5.91 Å². The Morgan fingerprint density at radius 3 is 2.36 bits per heavy atom. The molecule has 1 aromatic carbocycles. The second-order valence-corrected chi connectivity index (χ2v) is 7.04. The topological polar surface area (TPSA) is 54.0 Å². The SMILES string of the molecule is Cc1ccc(N[C@@H](NC(=O)c2ccccn2)C(Cl)(Cl)Cl)cc1. The van der Waals surface area contributed by atoms with Crippen LogP contribution in [0, 0.1) is 6.92 Å². The molecular weight excluding hydrogens is 345 g/mol. The zero-order chi connectivity index (χ0) is 16.2. The molecule has 0 unspecified atom stereocenters. The van der Waals surface area contributed by atoms with Crippen molar-refractivity contribution < 1.29 is 4.79 Å². The second-order valence-electron chi connectivity index (χ2n) is 4.67. The van der Waals surface area contributed by atoms with E-state index in [2.05, 4.69) is 15.6 Å². The number of halogens is 3. The molecule has 2 N–H and O–H groups in total. The first-order valence-electron chi connectivity index (χ1n) is 6.48. The molecule has 0 aliphatic rings. The third-order valence-corrected chi connectivity index (χ3v) is 3.52. The summed E-state index contributed by atoms with van der Waals surface area (Å²) in [5.41, 5.74) is 2.07. The number of benzene rings is 1. The van der Waals surface area contributed by atoms with Gasteiger partial charge in [-0.2, -0.15) is 0 Å². The van der Waals surface area contributed by atoms with Gasteiger partial charge in [0.2, 0.25) is 3.79 Å². The molecule has 1 amide bonds. The lowest BCUT2D eigenvalue weighted by Crippen LogP contribution is -2.49. The minimum atomic E-state index is -1.73. The fourth-order valence-corrected chi connectivity index (χ4v) is 2.05. The molecule has 0 fully saturated rings. The molecule has 0 saturated carbocycles. The van der Waals surface area contributed by atoms with Gasteiger partial charge in [0.05, 0.1) is 0 Å². The van der Waals surface area contributed by atoms with Crippen LogP contribution in [-0.2, 0) is 0 Å². The van der Waals surface area contributed by atoms with Crippen LogP contribution in [0.1, 0.15) is 16.1 Å². The van der Waals surface area contributed by atoms with Gasteiger partial charge < -0.3 is 10.6 Å². The Morgan fingerprint density at radius 2 is 1.82 bits per heavy atom. The highest BCUT2D eigenvalue weighted by Gasteiger charge is 2.34. The monoisotopic (exact) mass is 357 g/mol. The van der Waals surface area contributed by atoms with Gasteiger partial charge in [-0.25, -0.2) is 0 Å². The highest BCUT2D eigenvalue weighted by atomic mass is 35.6. The molecule has 0 saturated heterocycles. The lowest BCUT2D eigenvalue weighted by molar-refractivity contribution is 0.0937. The first kappa shape index (κ1) is 16.9. The van der Waals surface area contributed by atoms with Crippen LogP contribution >= 0.6 is 34.8 Å². The fraction of sp³-hybridized carbons (Fsp3) is 0.200. The van der Waals surface area contributed by atoms with Gasteiger partial charge in [-0.05, 0) is 31.2 Å². The van der Waals surface area contributed by atoms with Crippen LogP contribution in [0.2, 0.25) is 0 Å². The molecule has 2 aromatic rings. The van der Waals surface area contributed by atoms with Gasteiger partial charge in [-0.1, -0.05) is 58.6 Å². The van der Waals surface area contributed by atoms with Crippen molar-refractivity contribution in [1.29, 1.82) is 0 Å². The van der Waals surface area contributed by atoms with E-state index in [-0.39, 0.29) is 5.69 Å². The van der Waals surface area contributed by atoms with E-state index in [9.17, 15) is 4.79 Å². The zero-order valence-electron chi connectivity index (χ0n) is 11.7. The van der Waals surface area contributed by atoms with Crippen LogP contribution in [0.15, 0.2) is 48.7 Å². The number of hydrogen-bond donors (Lipinski definition) is 2. The van der Waals surface area contributed by atoms with Crippen molar-refractivity contribution in [2.75, 3.05) is 5.32 Å². The minimum Gasteiger partial charge on any atom is -0.362 e. The third-order valence-electron chi connectivity index (χ3n) is 2.86. The lowest BCUT2D eigenvalue weighted by Gasteiger charge is -2.27. The number of rotatable bonds is 4. The number of carbonyl (C=O) groups excluding carboxylic acids is 1. The molecule has 0 aliphatic carbocycles. The molecule has 0 radical (unpaired) electrons. The van der Waals surface area contributed by atoms with Gasteiger partial charge in [0, 0.05) is 11.9 Å². The molecule has 1 heterocycles. The number of alkyl halides is 3. The highest BCUT2D eigenvalue weighted by molar-refractivity contribution is 6.68. The predicted molar refractivity (Wildman–Crippen MR) is 90.6 cm³/mol. The van der Waals surface area contributed by atoms with Crippen molar-refractivity contribution in [3.63, 3.8) is 0 Å². The summed E-state index contributed by atoms with van der Waals surface area (Å²) in [6.07, 6.45) is 0.613. The second kappa shape index (κ2) is 7.18. The van der Waals surface area contributed by atoms with E-state index in [1.165, 1.54) is 6.20 Å². The average Bonchev–Trinajstić information content (AvgIpc) is 2.48. The largest absolute Gasteiger partial charge is 0.362 e.